The Labute approximate surface area is 102 Å². The van der Waals surface area contributed by atoms with Gasteiger partial charge in [0.2, 0.25) is 0 Å². The number of aromatic nitrogens is 1. The Hall–Kier alpha value is -0.910. The Morgan fingerprint density at radius 1 is 1.59 bits per heavy atom. The molecule has 1 fully saturated rings. The molecule has 1 aliphatic carbocycles. The second-order valence-corrected chi connectivity index (χ2v) is 4.68. The molecular weight excluding hydrogens is 218 g/mol. The Morgan fingerprint density at radius 2 is 2.41 bits per heavy atom. The highest BCUT2D eigenvalue weighted by Crippen LogP contribution is 2.18. The summed E-state index contributed by atoms with van der Waals surface area (Å²) in [4.78, 5) is 2.24. The molecule has 1 N–H and O–H groups in total. The third-order valence-corrected chi connectivity index (χ3v) is 2.83. The minimum atomic E-state index is 0.486. The first-order chi connectivity index (χ1) is 8.28. The molecule has 0 aliphatic heterocycles. The highest BCUT2D eigenvalue weighted by atomic mass is 16.5. The SMILES string of the molecule is COCc1cc(CN(C)CCNC2CC2)no1. The van der Waals surface area contributed by atoms with Crippen molar-refractivity contribution in [2.45, 2.75) is 32.0 Å². The Bertz CT molecular complexity index is 336. The fraction of sp³-hybridized carbons (Fsp3) is 0.750. The second-order valence-electron chi connectivity index (χ2n) is 4.68. The van der Waals surface area contributed by atoms with Crippen LogP contribution in [0.5, 0.6) is 0 Å². The first kappa shape index (κ1) is 12.5. The van der Waals surface area contributed by atoms with Gasteiger partial charge in [0.05, 0.1) is 5.69 Å². The van der Waals surface area contributed by atoms with Crippen LogP contribution in [0, 0.1) is 0 Å². The van der Waals surface area contributed by atoms with Crippen molar-refractivity contribution in [3.05, 3.63) is 17.5 Å². The molecule has 1 aromatic rings. The van der Waals surface area contributed by atoms with Crippen molar-refractivity contribution in [2.75, 3.05) is 27.2 Å². The van der Waals surface area contributed by atoms with Crippen molar-refractivity contribution in [1.82, 2.24) is 15.4 Å². The summed E-state index contributed by atoms with van der Waals surface area (Å²) in [5.74, 6) is 0.784. The standard InChI is InChI=1S/C12H21N3O2/c1-15(6-5-13-10-3-4-10)8-11-7-12(9-16-2)17-14-11/h7,10,13H,3-6,8-9H2,1-2H3. The van der Waals surface area contributed by atoms with Crippen LogP contribution >= 0.6 is 0 Å². The molecule has 0 radical (unpaired) electrons. The van der Waals surface area contributed by atoms with E-state index < -0.39 is 0 Å². The quantitative estimate of drug-likeness (QED) is 0.733. The van der Waals surface area contributed by atoms with E-state index in [0.717, 1.165) is 37.1 Å². The molecule has 5 nitrogen and oxygen atoms in total. The lowest BCUT2D eigenvalue weighted by Crippen LogP contribution is -2.30. The normalized spacial score (nSPS) is 15.7. The summed E-state index contributed by atoms with van der Waals surface area (Å²) in [7, 11) is 3.75. The third kappa shape index (κ3) is 4.46. The zero-order valence-electron chi connectivity index (χ0n) is 10.6. The van der Waals surface area contributed by atoms with Gasteiger partial charge in [-0.1, -0.05) is 5.16 Å². The van der Waals surface area contributed by atoms with Crippen LogP contribution in [-0.2, 0) is 17.9 Å². The molecule has 0 bridgehead atoms. The fourth-order valence-corrected chi connectivity index (χ4v) is 1.74. The van der Waals surface area contributed by atoms with E-state index in [1.807, 2.05) is 6.07 Å². The van der Waals surface area contributed by atoms with Crippen LogP contribution < -0.4 is 5.32 Å². The summed E-state index contributed by atoms with van der Waals surface area (Å²) in [5, 5.41) is 7.51. The molecule has 0 aromatic carbocycles. The van der Waals surface area contributed by atoms with Gasteiger partial charge in [0.15, 0.2) is 5.76 Å². The van der Waals surface area contributed by atoms with E-state index in [4.69, 9.17) is 9.26 Å². The molecule has 0 saturated heterocycles. The first-order valence-corrected chi connectivity index (χ1v) is 6.13. The smallest absolute Gasteiger partial charge is 0.162 e. The van der Waals surface area contributed by atoms with Crippen LogP contribution in [-0.4, -0.2) is 43.3 Å². The average molecular weight is 239 g/mol. The average Bonchev–Trinajstić information content (AvgIpc) is 3.01. The maximum absolute atomic E-state index is 5.14. The number of nitrogens with zero attached hydrogens (tertiary/aromatic N) is 2. The second kappa shape index (κ2) is 6.14. The summed E-state index contributed by atoms with van der Waals surface area (Å²) in [6, 6.07) is 2.73. The maximum atomic E-state index is 5.14. The predicted molar refractivity (Wildman–Crippen MR) is 64.6 cm³/mol. The molecule has 1 saturated carbocycles. The number of rotatable bonds is 8. The van der Waals surface area contributed by atoms with E-state index in [2.05, 4.69) is 22.4 Å². The van der Waals surface area contributed by atoms with Gasteiger partial charge in [0, 0.05) is 38.9 Å². The molecule has 0 amide bonds. The van der Waals surface area contributed by atoms with Gasteiger partial charge in [0.25, 0.3) is 0 Å². The molecule has 1 aliphatic rings. The number of likely N-dealkylation sites (N-methyl/N-ethyl adjacent to an activating group) is 1. The van der Waals surface area contributed by atoms with Gasteiger partial charge >= 0.3 is 0 Å². The highest BCUT2D eigenvalue weighted by molar-refractivity contribution is 5.04. The van der Waals surface area contributed by atoms with Gasteiger partial charge in [-0.15, -0.1) is 0 Å². The predicted octanol–water partition coefficient (Wildman–Crippen LogP) is 1.00. The van der Waals surface area contributed by atoms with E-state index in [1.54, 1.807) is 7.11 Å². The van der Waals surface area contributed by atoms with Crippen molar-refractivity contribution in [3.63, 3.8) is 0 Å². The molecule has 17 heavy (non-hydrogen) atoms. The van der Waals surface area contributed by atoms with Gasteiger partial charge in [-0.05, 0) is 19.9 Å². The van der Waals surface area contributed by atoms with Crippen molar-refractivity contribution in [2.24, 2.45) is 0 Å². The highest BCUT2D eigenvalue weighted by Gasteiger charge is 2.19. The van der Waals surface area contributed by atoms with Crippen LogP contribution in [0.4, 0.5) is 0 Å². The van der Waals surface area contributed by atoms with Gasteiger partial charge in [-0.2, -0.15) is 0 Å². The summed E-state index contributed by atoms with van der Waals surface area (Å²) in [6.07, 6.45) is 2.68. The van der Waals surface area contributed by atoms with Crippen LogP contribution in [0.15, 0.2) is 10.6 Å². The fourth-order valence-electron chi connectivity index (χ4n) is 1.74. The Balaban J connectivity index is 1.66. The molecule has 2 rings (SSSR count). The molecule has 5 heteroatoms. The van der Waals surface area contributed by atoms with Crippen molar-refractivity contribution in [3.8, 4) is 0 Å². The van der Waals surface area contributed by atoms with Crippen LogP contribution in [0.25, 0.3) is 0 Å². The van der Waals surface area contributed by atoms with Gasteiger partial charge in [0.1, 0.15) is 6.61 Å². The number of nitrogens with one attached hydrogen (secondary N) is 1. The lowest BCUT2D eigenvalue weighted by atomic mass is 10.3. The van der Waals surface area contributed by atoms with Gasteiger partial charge < -0.3 is 14.6 Å². The van der Waals surface area contributed by atoms with Crippen molar-refractivity contribution >= 4 is 0 Å². The summed E-state index contributed by atoms with van der Waals surface area (Å²) >= 11 is 0. The first-order valence-electron chi connectivity index (χ1n) is 6.13. The van der Waals surface area contributed by atoms with Crippen LogP contribution in [0.2, 0.25) is 0 Å². The molecule has 0 atom stereocenters. The van der Waals surface area contributed by atoms with Gasteiger partial charge in [-0.3, -0.25) is 4.90 Å². The Kier molecular flexibility index (Phi) is 4.53. The molecule has 96 valence electrons. The van der Waals surface area contributed by atoms with Crippen molar-refractivity contribution < 1.29 is 9.26 Å². The van der Waals surface area contributed by atoms with Gasteiger partial charge in [-0.25, -0.2) is 0 Å². The molecular formula is C12H21N3O2. The number of hydrogen-bond acceptors (Lipinski definition) is 5. The van der Waals surface area contributed by atoms with Crippen LogP contribution in [0.1, 0.15) is 24.3 Å². The molecule has 0 spiro atoms. The Morgan fingerprint density at radius 3 is 3.12 bits per heavy atom. The van der Waals surface area contributed by atoms with Crippen molar-refractivity contribution in [1.29, 1.82) is 0 Å². The van der Waals surface area contributed by atoms with E-state index in [-0.39, 0.29) is 0 Å². The topological polar surface area (TPSA) is 50.5 Å². The minimum absolute atomic E-state index is 0.486. The molecule has 1 heterocycles. The minimum Gasteiger partial charge on any atom is -0.377 e. The maximum Gasteiger partial charge on any atom is 0.162 e. The van der Waals surface area contributed by atoms with E-state index in [9.17, 15) is 0 Å². The molecule has 1 aromatic heterocycles. The zero-order valence-corrected chi connectivity index (χ0v) is 10.6. The zero-order chi connectivity index (χ0) is 12.1. The summed E-state index contributed by atoms with van der Waals surface area (Å²) in [6.45, 7) is 3.38. The lowest BCUT2D eigenvalue weighted by Gasteiger charge is -2.14. The monoisotopic (exact) mass is 239 g/mol. The lowest BCUT2D eigenvalue weighted by molar-refractivity contribution is 0.155. The number of methoxy groups -OCH3 is 1. The van der Waals surface area contributed by atoms with E-state index >= 15 is 0 Å². The summed E-state index contributed by atoms with van der Waals surface area (Å²) in [5.41, 5.74) is 0.964. The third-order valence-electron chi connectivity index (χ3n) is 2.83. The van der Waals surface area contributed by atoms with E-state index in [1.165, 1.54) is 12.8 Å². The number of hydrogen-bond donors (Lipinski definition) is 1. The van der Waals surface area contributed by atoms with Crippen LogP contribution in [0.3, 0.4) is 0 Å². The summed E-state index contributed by atoms with van der Waals surface area (Å²) < 4.78 is 10.1. The van der Waals surface area contributed by atoms with E-state index in [0.29, 0.717) is 6.61 Å². The number of ether oxygens (including phenoxy) is 1. The molecule has 0 unspecified atom stereocenters. The largest absolute Gasteiger partial charge is 0.377 e.